The van der Waals surface area contributed by atoms with Crippen LogP contribution in [0.1, 0.15) is 65.1 Å². The van der Waals surface area contributed by atoms with Gasteiger partial charge in [-0.3, -0.25) is 9.59 Å². The number of ether oxygens (including phenoxy) is 1. The number of rotatable bonds is 5. The standard InChI is InChI=1S/C25H34FN3O3/c1-5-27(3)24(30)18-14-20-19-13-17(16-9-11-32-12-10-16)7-8-22(19)28(4)23(20)21(15-18)25(31)29(26)6-2/h14-17H,5-13H2,1-4H3. The maximum absolute atomic E-state index is 14.4. The molecule has 1 fully saturated rings. The molecule has 1 aromatic heterocycles. The summed E-state index contributed by atoms with van der Waals surface area (Å²) in [5, 5.41) is 1.14. The Morgan fingerprint density at radius 3 is 2.47 bits per heavy atom. The lowest BCUT2D eigenvalue weighted by molar-refractivity contribution is 0.0229. The summed E-state index contributed by atoms with van der Waals surface area (Å²) in [5.41, 5.74) is 3.86. The van der Waals surface area contributed by atoms with Gasteiger partial charge in [0.05, 0.1) is 17.6 Å². The van der Waals surface area contributed by atoms with Gasteiger partial charge in [-0.15, -0.1) is 0 Å². The molecule has 1 aliphatic heterocycles. The van der Waals surface area contributed by atoms with E-state index in [1.807, 2.05) is 20.0 Å². The minimum Gasteiger partial charge on any atom is -0.381 e. The van der Waals surface area contributed by atoms with Crippen LogP contribution in [0.25, 0.3) is 10.9 Å². The van der Waals surface area contributed by atoms with Gasteiger partial charge >= 0.3 is 0 Å². The van der Waals surface area contributed by atoms with Crippen molar-refractivity contribution < 1.29 is 18.8 Å². The van der Waals surface area contributed by atoms with Crippen LogP contribution in [0.2, 0.25) is 0 Å². The lowest BCUT2D eigenvalue weighted by Crippen LogP contribution is -2.28. The molecule has 1 atom stereocenters. The molecule has 6 nitrogen and oxygen atoms in total. The molecule has 0 N–H and O–H groups in total. The molecule has 2 aromatic rings. The molecule has 4 rings (SSSR count). The minimum absolute atomic E-state index is 0.0384. The van der Waals surface area contributed by atoms with E-state index in [1.165, 1.54) is 11.3 Å². The van der Waals surface area contributed by atoms with E-state index in [4.69, 9.17) is 4.74 Å². The summed E-state index contributed by atoms with van der Waals surface area (Å²) in [6.45, 7) is 5.68. The molecule has 0 saturated carbocycles. The third-order valence-electron chi connectivity index (χ3n) is 7.47. The lowest BCUT2D eigenvalue weighted by atomic mass is 9.75. The third kappa shape index (κ3) is 3.91. The zero-order valence-electron chi connectivity index (χ0n) is 19.6. The van der Waals surface area contributed by atoms with Crippen LogP contribution in [0.5, 0.6) is 0 Å². The fourth-order valence-corrected chi connectivity index (χ4v) is 5.47. The Morgan fingerprint density at radius 1 is 1.09 bits per heavy atom. The monoisotopic (exact) mass is 443 g/mol. The van der Waals surface area contributed by atoms with Gasteiger partial charge in [0, 0.05) is 50.5 Å². The molecule has 32 heavy (non-hydrogen) atoms. The molecule has 2 amide bonds. The molecule has 1 aliphatic carbocycles. The molecule has 0 spiro atoms. The van der Waals surface area contributed by atoms with Crippen molar-refractivity contribution in [3.63, 3.8) is 0 Å². The predicted octanol–water partition coefficient (Wildman–Crippen LogP) is 4.15. The number of nitrogens with zero attached hydrogens (tertiary/aromatic N) is 3. The first-order chi connectivity index (χ1) is 15.4. The van der Waals surface area contributed by atoms with Crippen LogP contribution in [-0.2, 0) is 24.6 Å². The normalized spacial score (nSPS) is 19.1. The molecule has 1 unspecified atom stereocenters. The van der Waals surface area contributed by atoms with Gasteiger partial charge in [0.1, 0.15) is 0 Å². The first-order valence-corrected chi connectivity index (χ1v) is 11.8. The summed E-state index contributed by atoms with van der Waals surface area (Å²) in [5.74, 6) is 0.373. The molecule has 1 saturated heterocycles. The molecule has 7 heteroatoms. The van der Waals surface area contributed by atoms with Crippen molar-refractivity contribution in [2.24, 2.45) is 18.9 Å². The van der Waals surface area contributed by atoms with E-state index in [9.17, 15) is 14.1 Å². The maximum atomic E-state index is 14.4. The van der Waals surface area contributed by atoms with Crippen molar-refractivity contribution in [1.82, 2.24) is 14.6 Å². The van der Waals surface area contributed by atoms with Crippen LogP contribution in [0.15, 0.2) is 12.1 Å². The summed E-state index contributed by atoms with van der Waals surface area (Å²) in [7, 11) is 3.70. The number of fused-ring (bicyclic) bond motifs is 3. The highest BCUT2D eigenvalue weighted by Crippen LogP contribution is 2.40. The highest BCUT2D eigenvalue weighted by molar-refractivity contribution is 6.10. The number of aryl methyl sites for hydroxylation is 1. The number of hydrogen-bond donors (Lipinski definition) is 0. The third-order valence-corrected chi connectivity index (χ3v) is 7.47. The smallest absolute Gasteiger partial charge is 0.283 e. The van der Waals surface area contributed by atoms with Gasteiger partial charge in [-0.1, -0.05) is 4.48 Å². The van der Waals surface area contributed by atoms with Gasteiger partial charge in [-0.05, 0) is 75.5 Å². The average molecular weight is 444 g/mol. The zero-order valence-corrected chi connectivity index (χ0v) is 19.6. The number of carbonyl (C=O) groups is 2. The average Bonchev–Trinajstić information content (AvgIpc) is 3.13. The molecule has 174 valence electrons. The van der Waals surface area contributed by atoms with Gasteiger partial charge in [-0.25, -0.2) is 0 Å². The number of carbonyl (C=O) groups excluding carboxylic acids is 2. The Bertz CT molecular complexity index is 1030. The summed E-state index contributed by atoms with van der Waals surface area (Å²) < 4.78 is 22.0. The van der Waals surface area contributed by atoms with Crippen molar-refractivity contribution in [3.05, 3.63) is 34.5 Å². The minimum atomic E-state index is -0.690. The predicted molar refractivity (Wildman–Crippen MR) is 122 cm³/mol. The van der Waals surface area contributed by atoms with E-state index >= 15 is 0 Å². The molecule has 0 radical (unpaired) electrons. The Morgan fingerprint density at radius 2 is 1.81 bits per heavy atom. The Labute approximate surface area is 189 Å². The van der Waals surface area contributed by atoms with Crippen molar-refractivity contribution >= 4 is 22.7 Å². The van der Waals surface area contributed by atoms with Gasteiger partial charge in [0.25, 0.3) is 11.8 Å². The topological polar surface area (TPSA) is 54.8 Å². The van der Waals surface area contributed by atoms with Crippen molar-refractivity contribution in [2.45, 2.75) is 46.0 Å². The van der Waals surface area contributed by atoms with E-state index in [0.717, 1.165) is 56.2 Å². The maximum Gasteiger partial charge on any atom is 0.283 e. The van der Waals surface area contributed by atoms with Gasteiger partial charge in [0.2, 0.25) is 0 Å². The van der Waals surface area contributed by atoms with Crippen LogP contribution < -0.4 is 0 Å². The Kier molecular flexibility index (Phi) is 6.56. The van der Waals surface area contributed by atoms with Crippen molar-refractivity contribution in [1.29, 1.82) is 0 Å². The molecule has 2 aliphatic rings. The second kappa shape index (κ2) is 9.22. The molecule has 0 bridgehead atoms. The molecule has 1 aromatic carbocycles. The second-order valence-electron chi connectivity index (χ2n) is 9.16. The van der Waals surface area contributed by atoms with Crippen LogP contribution in [-0.4, -0.2) is 59.8 Å². The molecule has 2 heterocycles. The summed E-state index contributed by atoms with van der Waals surface area (Å²) in [6, 6.07) is 3.49. The van der Waals surface area contributed by atoms with Crippen molar-refractivity contribution in [3.8, 4) is 0 Å². The van der Waals surface area contributed by atoms with E-state index in [-0.39, 0.29) is 23.1 Å². The highest BCUT2D eigenvalue weighted by atomic mass is 19.2. The van der Waals surface area contributed by atoms with Gasteiger partial charge in [-0.2, -0.15) is 5.12 Å². The van der Waals surface area contributed by atoms with Gasteiger partial charge < -0.3 is 14.2 Å². The summed E-state index contributed by atoms with van der Waals surface area (Å²) in [6.07, 6.45) is 5.15. The largest absolute Gasteiger partial charge is 0.381 e. The van der Waals surface area contributed by atoms with Crippen LogP contribution in [0.4, 0.5) is 4.48 Å². The fourth-order valence-electron chi connectivity index (χ4n) is 5.47. The van der Waals surface area contributed by atoms with E-state index < -0.39 is 5.91 Å². The van der Waals surface area contributed by atoms with E-state index in [0.29, 0.717) is 23.9 Å². The van der Waals surface area contributed by atoms with Crippen LogP contribution in [0.3, 0.4) is 0 Å². The fraction of sp³-hybridized carbons (Fsp3) is 0.600. The number of halogens is 1. The van der Waals surface area contributed by atoms with Crippen LogP contribution >= 0.6 is 0 Å². The first kappa shape index (κ1) is 22.8. The SMILES string of the molecule is CCN(C)C(=O)c1cc(C(=O)N(F)CC)c2c(c1)c1c(n2C)CCC(C2CCOCC2)C1. The Balaban J connectivity index is 1.85. The van der Waals surface area contributed by atoms with E-state index in [1.54, 1.807) is 24.9 Å². The number of aromatic nitrogens is 1. The van der Waals surface area contributed by atoms with E-state index in [2.05, 4.69) is 4.57 Å². The van der Waals surface area contributed by atoms with Crippen molar-refractivity contribution in [2.75, 3.05) is 33.4 Å². The summed E-state index contributed by atoms with van der Waals surface area (Å²) in [4.78, 5) is 27.6. The first-order valence-electron chi connectivity index (χ1n) is 11.8. The second-order valence-corrected chi connectivity index (χ2v) is 9.16. The number of amides is 2. The molecular formula is C25H34FN3O3. The quantitative estimate of drug-likeness (QED) is 0.653. The Hall–Kier alpha value is -2.41. The summed E-state index contributed by atoms with van der Waals surface area (Å²) >= 11 is 0. The number of benzene rings is 1. The molecular weight excluding hydrogens is 409 g/mol. The number of hydrogen-bond acceptors (Lipinski definition) is 3. The van der Waals surface area contributed by atoms with Gasteiger partial charge in [0.15, 0.2) is 0 Å². The van der Waals surface area contributed by atoms with Crippen LogP contribution in [0, 0.1) is 11.8 Å². The highest BCUT2D eigenvalue weighted by Gasteiger charge is 2.33. The lowest BCUT2D eigenvalue weighted by Gasteiger charge is -2.33. The zero-order chi connectivity index (χ0) is 23.0.